The van der Waals surface area contributed by atoms with Crippen LogP contribution in [-0.2, 0) is 6.42 Å². The molecule has 0 aliphatic rings. The molecule has 0 aliphatic carbocycles. The number of hydrogen-bond acceptors (Lipinski definition) is 1. The fourth-order valence-corrected chi connectivity index (χ4v) is 3.83. The van der Waals surface area contributed by atoms with Gasteiger partial charge in [0.25, 0.3) is 0 Å². The van der Waals surface area contributed by atoms with Crippen LogP contribution in [0.4, 0.5) is 0 Å². The first-order chi connectivity index (χ1) is 10.7. The van der Waals surface area contributed by atoms with E-state index >= 15 is 0 Å². The molecule has 0 bridgehead atoms. The van der Waals surface area contributed by atoms with Crippen molar-refractivity contribution in [3.8, 4) is 11.3 Å². The van der Waals surface area contributed by atoms with E-state index in [4.69, 9.17) is 5.48 Å². The van der Waals surface area contributed by atoms with Gasteiger partial charge < -0.3 is 0 Å². The van der Waals surface area contributed by atoms with E-state index in [-0.39, 0.29) is 24.2 Å². The van der Waals surface area contributed by atoms with Crippen LogP contribution in [0.3, 0.4) is 0 Å². The lowest BCUT2D eigenvalue weighted by atomic mass is 10.1. The Hall–Kier alpha value is -1.41. The van der Waals surface area contributed by atoms with Gasteiger partial charge in [-0.15, -0.1) is 0 Å². The number of aromatic nitrogens is 1. The third-order valence-corrected chi connectivity index (χ3v) is 5.21. The largest absolute Gasteiger partial charge is 0.256 e. The molecule has 0 unspecified atom stereocenters. The summed E-state index contributed by atoms with van der Waals surface area (Å²) in [4.78, 5) is 4.52. The summed E-state index contributed by atoms with van der Waals surface area (Å²) in [5.74, 6) is 0. The first kappa shape index (κ1) is 9.48. The minimum absolute atomic E-state index is 0.0262. The molecule has 0 spiro atoms. The second-order valence-electron chi connectivity index (χ2n) is 5.80. The third kappa shape index (κ3) is 3.32. The molecule has 0 atom stereocenters. The van der Waals surface area contributed by atoms with Crippen LogP contribution in [0.2, 0.25) is 19.6 Å². The Balaban J connectivity index is 2.64. The lowest BCUT2D eigenvalue weighted by Crippen LogP contribution is -2.40. The van der Waals surface area contributed by atoms with Crippen molar-refractivity contribution in [1.29, 1.82) is 0 Å². The zero-order valence-electron chi connectivity index (χ0n) is 16.1. The van der Waals surface area contributed by atoms with Gasteiger partial charge in [-0.2, -0.15) is 0 Å². The van der Waals surface area contributed by atoms with E-state index in [0.29, 0.717) is 11.3 Å². The SMILES string of the molecule is [2H]c1cc(-c2cc(CCC)c([Si](C)(C)C)cn2)c([2H])c([2H])c1[2H]. The van der Waals surface area contributed by atoms with Gasteiger partial charge in [-0.05, 0) is 23.2 Å². The number of aryl methyl sites for hydroxylation is 1. The molecule has 0 radical (unpaired) electrons. The van der Waals surface area contributed by atoms with Gasteiger partial charge in [0, 0.05) is 11.8 Å². The van der Waals surface area contributed by atoms with Gasteiger partial charge in [0.15, 0.2) is 0 Å². The van der Waals surface area contributed by atoms with Crippen molar-refractivity contribution in [3.63, 3.8) is 0 Å². The molecule has 0 N–H and O–H groups in total. The molecule has 0 saturated carbocycles. The molecule has 0 fully saturated rings. The zero-order valence-corrected chi connectivity index (χ0v) is 13.1. The van der Waals surface area contributed by atoms with Crippen LogP contribution in [0.15, 0.2) is 42.5 Å². The number of pyridine rings is 1. The molecular formula is C17H23NSi. The van der Waals surface area contributed by atoms with Crippen molar-refractivity contribution in [2.24, 2.45) is 0 Å². The van der Waals surface area contributed by atoms with E-state index in [0.717, 1.165) is 12.8 Å². The standard InChI is InChI=1S/C17H23NSi/c1-5-9-15-12-16(14-10-7-6-8-11-14)18-13-17(15)19(2,3)4/h6-8,10-13H,5,9H2,1-4H3/i6D,7D,8D,10D. The highest BCUT2D eigenvalue weighted by Crippen LogP contribution is 2.19. The van der Waals surface area contributed by atoms with Crippen molar-refractivity contribution >= 4 is 13.3 Å². The Morgan fingerprint density at radius 3 is 2.68 bits per heavy atom. The van der Waals surface area contributed by atoms with Crippen LogP contribution in [-0.4, -0.2) is 13.1 Å². The van der Waals surface area contributed by atoms with Gasteiger partial charge in [0.2, 0.25) is 0 Å². The quantitative estimate of drug-likeness (QED) is 0.759. The fraction of sp³-hybridized carbons (Fsp3) is 0.353. The lowest BCUT2D eigenvalue weighted by Gasteiger charge is -2.21. The Morgan fingerprint density at radius 1 is 1.21 bits per heavy atom. The molecule has 1 heterocycles. The summed E-state index contributed by atoms with van der Waals surface area (Å²) in [6, 6.07) is 3.02. The molecule has 1 aromatic carbocycles. The minimum Gasteiger partial charge on any atom is -0.256 e. The van der Waals surface area contributed by atoms with Crippen LogP contribution in [0.1, 0.15) is 24.4 Å². The van der Waals surface area contributed by atoms with Gasteiger partial charge in [-0.25, -0.2) is 0 Å². The molecule has 100 valence electrons. The molecule has 2 aromatic rings. The van der Waals surface area contributed by atoms with Crippen LogP contribution in [0.5, 0.6) is 0 Å². The number of hydrogen-bond donors (Lipinski definition) is 0. The molecule has 2 rings (SSSR count). The van der Waals surface area contributed by atoms with E-state index in [9.17, 15) is 0 Å². The summed E-state index contributed by atoms with van der Waals surface area (Å²) in [6.45, 7) is 9.01. The van der Waals surface area contributed by atoms with Gasteiger partial charge >= 0.3 is 0 Å². The second kappa shape index (κ2) is 5.70. The summed E-state index contributed by atoms with van der Waals surface area (Å²) in [5, 5.41) is 1.32. The first-order valence-electron chi connectivity index (χ1n) is 8.74. The topological polar surface area (TPSA) is 12.9 Å². The highest BCUT2D eigenvalue weighted by atomic mass is 28.3. The molecule has 2 heteroatoms. The predicted octanol–water partition coefficient (Wildman–Crippen LogP) is 4.25. The zero-order chi connectivity index (χ0) is 17.4. The van der Waals surface area contributed by atoms with E-state index in [1.54, 1.807) is 0 Å². The van der Waals surface area contributed by atoms with Gasteiger partial charge in [-0.1, -0.05) is 63.2 Å². The maximum atomic E-state index is 8.10. The molecule has 1 nitrogen and oxygen atoms in total. The number of benzene rings is 1. The van der Waals surface area contributed by atoms with Gasteiger partial charge in [0.05, 0.1) is 19.3 Å². The van der Waals surface area contributed by atoms with Crippen molar-refractivity contribution in [1.82, 2.24) is 4.98 Å². The molecular weight excluding hydrogens is 246 g/mol. The summed E-state index contributed by atoms with van der Waals surface area (Å²) in [5.41, 5.74) is 2.35. The first-order valence-corrected chi connectivity index (χ1v) is 10.2. The van der Waals surface area contributed by atoms with Gasteiger partial charge in [0.1, 0.15) is 0 Å². The Morgan fingerprint density at radius 2 is 2.00 bits per heavy atom. The highest BCUT2D eigenvalue weighted by molar-refractivity contribution is 6.89. The van der Waals surface area contributed by atoms with Crippen molar-refractivity contribution < 1.29 is 5.48 Å². The summed E-state index contributed by atoms with van der Waals surface area (Å²) in [6.07, 6.45) is 3.90. The van der Waals surface area contributed by atoms with Crippen LogP contribution in [0, 0.1) is 0 Å². The normalized spacial score (nSPS) is 14.5. The maximum Gasteiger partial charge on any atom is 0.0799 e. The van der Waals surface area contributed by atoms with Crippen molar-refractivity contribution in [3.05, 3.63) is 48.1 Å². The van der Waals surface area contributed by atoms with Crippen molar-refractivity contribution in [2.75, 3.05) is 0 Å². The summed E-state index contributed by atoms with van der Waals surface area (Å²) in [7, 11) is -1.50. The molecule has 0 saturated heterocycles. The lowest BCUT2D eigenvalue weighted by molar-refractivity contribution is 0.924. The minimum atomic E-state index is -1.50. The molecule has 1 aromatic heterocycles. The molecule has 0 amide bonds. The third-order valence-electron chi connectivity index (χ3n) is 3.14. The predicted molar refractivity (Wildman–Crippen MR) is 86.6 cm³/mol. The maximum absolute atomic E-state index is 8.10. The smallest absolute Gasteiger partial charge is 0.0799 e. The monoisotopic (exact) mass is 273 g/mol. The van der Waals surface area contributed by atoms with E-state index in [1.165, 1.54) is 16.8 Å². The van der Waals surface area contributed by atoms with Crippen LogP contribution < -0.4 is 5.19 Å². The highest BCUT2D eigenvalue weighted by Gasteiger charge is 2.20. The van der Waals surface area contributed by atoms with Crippen LogP contribution in [0.25, 0.3) is 11.3 Å². The number of rotatable bonds is 4. The number of nitrogens with zero attached hydrogens (tertiary/aromatic N) is 1. The van der Waals surface area contributed by atoms with E-state index in [1.807, 2.05) is 12.3 Å². The van der Waals surface area contributed by atoms with Crippen molar-refractivity contribution in [2.45, 2.75) is 39.4 Å². The van der Waals surface area contributed by atoms with Gasteiger partial charge in [-0.3, -0.25) is 4.98 Å². The second-order valence-corrected chi connectivity index (χ2v) is 10.8. The fourth-order valence-electron chi connectivity index (χ4n) is 2.21. The Kier molecular flexibility index (Phi) is 2.85. The average Bonchev–Trinajstić information content (AvgIpc) is 2.48. The summed E-state index contributed by atoms with van der Waals surface area (Å²) >= 11 is 0. The Bertz CT molecular complexity index is 738. The van der Waals surface area contributed by atoms with E-state index < -0.39 is 8.07 Å². The van der Waals surface area contributed by atoms with E-state index in [2.05, 4.69) is 31.5 Å². The Labute approximate surface area is 123 Å². The molecule has 0 aliphatic heterocycles. The average molecular weight is 273 g/mol. The summed E-state index contributed by atoms with van der Waals surface area (Å²) < 4.78 is 31.4. The molecule has 19 heavy (non-hydrogen) atoms. The van der Waals surface area contributed by atoms with Crippen LogP contribution >= 0.6 is 0 Å².